The summed E-state index contributed by atoms with van der Waals surface area (Å²) in [7, 11) is -1.62. The molecule has 17 heavy (non-hydrogen) atoms. The van der Waals surface area contributed by atoms with Crippen LogP contribution in [0.4, 0.5) is 0 Å². The van der Waals surface area contributed by atoms with Crippen molar-refractivity contribution >= 4 is 12.9 Å². The van der Waals surface area contributed by atoms with Gasteiger partial charge in [0.2, 0.25) is 0 Å². The Bertz CT molecular complexity index is 382. The van der Waals surface area contributed by atoms with Gasteiger partial charge in [0.15, 0.2) is 0 Å². The standard InChI is InChI=1S/C12H19O4P/c1-4-15-17(13,16-5-2)12-9-7-6-8-11(12)10-14-3/h6-9H,4-5,10H2,1-3H3. The third-order valence-electron chi connectivity index (χ3n) is 2.18. The zero-order valence-electron chi connectivity index (χ0n) is 10.5. The molecule has 96 valence electrons. The van der Waals surface area contributed by atoms with Gasteiger partial charge >= 0.3 is 7.60 Å². The van der Waals surface area contributed by atoms with E-state index in [2.05, 4.69) is 0 Å². The van der Waals surface area contributed by atoms with Gasteiger partial charge in [-0.2, -0.15) is 0 Å². The van der Waals surface area contributed by atoms with E-state index in [0.717, 1.165) is 5.56 Å². The molecule has 4 nitrogen and oxygen atoms in total. The molecule has 5 heteroatoms. The van der Waals surface area contributed by atoms with E-state index in [9.17, 15) is 4.57 Å². The summed E-state index contributed by atoms with van der Waals surface area (Å²) in [5.41, 5.74) is 0.834. The van der Waals surface area contributed by atoms with E-state index in [1.54, 1.807) is 27.0 Å². The van der Waals surface area contributed by atoms with Crippen LogP contribution in [0.1, 0.15) is 19.4 Å². The van der Waals surface area contributed by atoms with Crippen molar-refractivity contribution in [2.24, 2.45) is 0 Å². The second kappa shape index (κ2) is 6.92. The molecule has 0 aliphatic carbocycles. The molecule has 0 saturated heterocycles. The van der Waals surface area contributed by atoms with Crippen LogP contribution in [0.2, 0.25) is 0 Å². The lowest BCUT2D eigenvalue weighted by atomic mass is 10.2. The van der Waals surface area contributed by atoms with Crippen molar-refractivity contribution < 1.29 is 18.3 Å². The SMILES string of the molecule is CCOP(=O)(OCC)c1ccccc1COC. The van der Waals surface area contributed by atoms with Crippen molar-refractivity contribution in [2.75, 3.05) is 20.3 Å². The Morgan fingerprint density at radius 1 is 1.12 bits per heavy atom. The quantitative estimate of drug-likeness (QED) is 0.705. The summed E-state index contributed by atoms with van der Waals surface area (Å²) >= 11 is 0. The van der Waals surface area contributed by atoms with Crippen LogP contribution in [-0.4, -0.2) is 20.3 Å². The fourth-order valence-corrected chi connectivity index (χ4v) is 3.36. The molecular weight excluding hydrogens is 239 g/mol. The Morgan fingerprint density at radius 2 is 1.71 bits per heavy atom. The van der Waals surface area contributed by atoms with Gasteiger partial charge < -0.3 is 13.8 Å². The van der Waals surface area contributed by atoms with E-state index in [-0.39, 0.29) is 0 Å². The molecule has 0 unspecified atom stereocenters. The van der Waals surface area contributed by atoms with E-state index in [4.69, 9.17) is 13.8 Å². The highest BCUT2D eigenvalue weighted by Crippen LogP contribution is 2.47. The maximum Gasteiger partial charge on any atom is 0.361 e. The fraction of sp³-hybridized carbons (Fsp3) is 0.500. The molecule has 1 rings (SSSR count). The molecule has 0 atom stereocenters. The Labute approximate surface area is 102 Å². The molecule has 0 heterocycles. The van der Waals surface area contributed by atoms with E-state index in [0.29, 0.717) is 25.1 Å². The lowest BCUT2D eigenvalue weighted by molar-refractivity contribution is 0.184. The van der Waals surface area contributed by atoms with Gasteiger partial charge in [-0.25, -0.2) is 0 Å². The highest BCUT2D eigenvalue weighted by atomic mass is 31.2. The van der Waals surface area contributed by atoms with Crippen LogP contribution in [0, 0.1) is 0 Å². The van der Waals surface area contributed by atoms with Crippen LogP contribution in [0.5, 0.6) is 0 Å². The minimum absolute atomic E-state index is 0.346. The maximum absolute atomic E-state index is 12.6. The Morgan fingerprint density at radius 3 is 2.24 bits per heavy atom. The molecule has 0 bridgehead atoms. The van der Waals surface area contributed by atoms with Crippen LogP contribution < -0.4 is 5.30 Å². The normalized spacial score (nSPS) is 11.7. The van der Waals surface area contributed by atoms with E-state index < -0.39 is 7.60 Å². The van der Waals surface area contributed by atoms with Crippen molar-refractivity contribution in [1.82, 2.24) is 0 Å². The largest absolute Gasteiger partial charge is 0.380 e. The number of rotatable bonds is 7. The van der Waals surface area contributed by atoms with E-state index >= 15 is 0 Å². The first-order valence-corrected chi connectivity index (χ1v) is 7.18. The lowest BCUT2D eigenvalue weighted by Crippen LogP contribution is -2.16. The molecule has 0 N–H and O–H groups in total. The van der Waals surface area contributed by atoms with Crippen LogP contribution in [0.25, 0.3) is 0 Å². The summed E-state index contributed by atoms with van der Waals surface area (Å²) in [6.45, 7) is 4.67. The summed E-state index contributed by atoms with van der Waals surface area (Å²) in [6, 6.07) is 7.32. The maximum atomic E-state index is 12.6. The summed E-state index contributed by atoms with van der Waals surface area (Å²) in [5, 5.41) is 0.588. The minimum Gasteiger partial charge on any atom is -0.380 e. The second-order valence-corrected chi connectivity index (χ2v) is 5.39. The van der Waals surface area contributed by atoms with Gasteiger partial charge in [0.25, 0.3) is 0 Å². The molecule has 0 aromatic heterocycles. The first-order valence-electron chi connectivity index (χ1n) is 5.64. The molecule has 0 aliphatic heterocycles. The van der Waals surface area contributed by atoms with Gasteiger partial charge in [-0.1, -0.05) is 18.2 Å². The molecule has 0 spiro atoms. The summed E-state index contributed by atoms with van der Waals surface area (Å²) < 4.78 is 28.3. The number of benzene rings is 1. The Balaban J connectivity index is 3.13. The molecular formula is C12H19O4P. The first kappa shape index (κ1) is 14.4. The molecule has 0 aliphatic rings. The van der Waals surface area contributed by atoms with Gasteiger partial charge in [-0.15, -0.1) is 0 Å². The highest BCUT2D eigenvalue weighted by Gasteiger charge is 2.28. The monoisotopic (exact) mass is 258 g/mol. The van der Waals surface area contributed by atoms with E-state index in [1.807, 2.05) is 18.2 Å². The van der Waals surface area contributed by atoms with Gasteiger partial charge in [-0.05, 0) is 25.5 Å². The summed E-state index contributed by atoms with van der Waals surface area (Å²) in [6.07, 6.45) is 0. The van der Waals surface area contributed by atoms with Crippen molar-refractivity contribution in [3.8, 4) is 0 Å². The Kier molecular flexibility index (Phi) is 5.86. The molecule has 0 amide bonds. The number of hydrogen-bond donors (Lipinski definition) is 0. The van der Waals surface area contributed by atoms with Crippen molar-refractivity contribution in [3.05, 3.63) is 29.8 Å². The van der Waals surface area contributed by atoms with Crippen molar-refractivity contribution in [1.29, 1.82) is 0 Å². The van der Waals surface area contributed by atoms with E-state index in [1.165, 1.54) is 0 Å². The highest BCUT2D eigenvalue weighted by molar-refractivity contribution is 7.62. The van der Waals surface area contributed by atoms with Crippen molar-refractivity contribution in [3.63, 3.8) is 0 Å². The number of methoxy groups -OCH3 is 1. The predicted molar refractivity (Wildman–Crippen MR) is 67.6 cm³/mol. The predicted octanol–water partition coefficient (Wildman–Crippen LogP) is 2.72. The average Bonchev–Trinajstić information content (AvgIpc) is 2.31. The smallest absolute Gasteiger partial charge is 0.361 e. The first-order chi connectivity index (χ1) is 8.18. The van der Waals surface area contributed by atoms with Crippen molar-refractivity contribution in [2.45, 2.75) is 20.5 Å². The summed E-state index contributed by atoms with van der Waals surface area (Å²) in [5.74, 6) is 0. The third kappa shape index (κ3) is 3.65. The Hall–Kier alpha value is -0.670. The lowest BCUT2D eigenvalue weighted by Gasteiger charge is -2.19. The molecule has 1 aromatic carbocycles. The van der Waals surface area contributed by atoms with Crippen LogP contribution in [-0.2, 0) is 25.0 Å². The van der Waals surface area contributed by atoms with Gasteiger partial charge in [0, 0.05) is 7.11 Å². The second-order valence-electron chi connectivity index (χ2n) is 3.39. The zero-order chi connectivity index (χ0) is 12.7. The van der Waals surface area contributed by atoms with Crippen LogP contribution in [0.3, 0.4) is 0 Å². The topological polar surface area (TPSA) is 44.8 Å². The van der Waals surface area contributed by atoms with Crippen LogP contribution in [0.15, 0.2) is 24.3 Å². The molecule has 0 saturated carbocycles. The fourth-order valence-electron chi connectivity index (χ4n) is 1.57. The zero-order valence-corrected chi connectivity index (χ0v) is 11.4. The van der Waals surface area contributed by atoms with Gasteiger partial charge in [-0.3, -0.25) is 4.57 Å². The third-order valence-corrected chi connectivity index (χ3v) is 4.41. The number of hydrogen-bond acceptors (Lipinski definition) is 4. The van der Waals surface area contributed by atoms with Gasteiger partial charge in [0.05, 0.1) is 25.1 Å². The average molecular weight is 258 g/mol. The minimum atomic E-state index is -3.22. The molecule has 0 fully saturated rings. The molecule has 0 radical (unpaired) electrons. The number of ether oxygens (including phenoxy) is 1. The summed E-state index contributed by atoms with van der Waals surface area (Å²) in [4.78, 5) is 0. The van der Waals surface area contributed by atoms with Crippen LogP contribution >= 0.6 is 7.60 Å². The molecule has 1 aromatic rings. The van der Waals surface area contributed by atoms with Gasteiger partial charge in [0.1, 0.15) is 0 Å².